The minimum Gasteiger partial charge on any atom is -0.488 e. The highest BCUT2D eigenvalue weighted by molar-refractivity contribution is 5.97. The van der Waals surface area contributed by atoms with E-state index in [1.807, 2.05) is 13.8 Å². The second-order valence-corrected chi connectivity index (χ2v) is 4.72. The normalized spacial score (nSPS) is 11.5. The molecule has 0 aliphatic heterocycles. The number of benzene rings is 1. The Morgan fingerprint density at radius 3 is 2.52 bits per heavy atom. The molecule has 1 aromatic heterocycles. The first kappa shape index (κ1) is 14.8. The monoisotopic (exact) mass is 289 g/mol. The van der Waals surface area contributed by atoms with Crippen LogP contribution in [0, 0.1) is 19.7 Å². The number of nitrogens with two attached hydrogens (primary N) is 1. The van der Waals surface area contributed by atoms with Crippen LogP contribution in [0.15, 0.2) is 35.7 Å². The van der Waals surface area contributed by atoms with Gasteiger partial charge in [-0.1, -0.05) is 5.16 Å². The molecule has 5 nitrogen and oxygen atoms in total. The van der Waals surface area contributed by atoms with E-state index in [-0.39, 0.29) is 12.4 Å². The number of hydrogen-bond donors (Lipinski definition) is 2. The summed E-state index contributed by atoms with van der Waals surface area (Å²) in [6.45, 7) is 3.94. The second kappa shape index (κ2) is 6.21. The van der Waals surface area contributed by atoms with Crippen LogP contribution in [-0.4, -0.2) is 16.0 Å². The zero-order valence-electron chi connectivity index (χ0n) is 11.8. The topological polar surface area (TPSA) is 80.7 Å². The summed E-state index contributed by atoms with van der Waals surface area (Å²) >= 11 is 0. The van der Waals surface area contributed by atoms with Crippen LogP contribution in [-0.2, 0) is 6.61 Å². The standard InChI is InChI=1S/C15H16FN3O2/c1-9-3-12(15(17)19-20)4-10(2)14(9)21-8-11-5-13(16)7-18-6-11/h3-7,20H,8H2,1-2H3,(H2,17,19). The van der Waals surface area contributed by atoms with E-state index in [9.17, 15) is 4.39 Å². The summed E-state index contributed by atoms with van der Waals surface area (Å²) in [5, 5.41) is 11.7. The third-order valence-electron chi connectivity index (χ3n) is 3.01. The van der Waals surface area contributed by atoms with Gasteiger partial charge in [-0.25, -0.2) is 4.39 Å². The quantitative estimate of drug-likeness (QED) is 0.392. The third kappa shape index (κ3) is 3.47. The van der Waals surface area contributed by atoms with Gasteiger partial charge in [0.2, 0.25) is 0 Å². The summed E-state index contributed by atoms with van der Waals surface area (Å²) in [5.41, 5.74) is 8.53. The highest BCUT2D eigenvalue weighted by atomic mass is 19.1. The number of aryl methyl sites for hydroxylation is 2. The molecule has 0 amide bonds. The molecule has 0 spiro atoms. The van der Waals surface area contributed by atoms with Crippen molar-refractivity contribution in [2.24, 2.45) is 10.9 Å². The van der Waals surface area contributed by atoms with Crippen LogP contribution in [0.1, 0.15) is 22.3 Å². The molecule has 21 heavy (non-hydrogen) atoms. The fraction of sp³-hybridized carbons (Fsp3) is 0.200. The molecule has 0 aliphatic rings. The van der Waals surface area contributed by atoms with Gasteiger partial charge in [0.05, 0.1) is 6.20 Å². The van der Waals surface area contributed by atoms with Crippen molar-refractivity contribution in [2.75, 3.05) is 0 Å². The first-order chi connectivity index (χ1) is 10.0. The lowest BCUT2D eigenvalue weighted by Gasteiger charge is -2.13. The number of halogens is 1. The van der Waals surface area contributed by atoms with Crippen molar-refractivity contribution in [3.05, 3.63) is 58.7 Å². The van der Waals surface area contributed by atoms with Crippen LogP contribution >= 0.6 is 0 Å². The Balaban J connectivity index is 2.21. The number of rotatable bonds is 4. The molecular formula is C15H16FN3O2. The maximum absolute atomic E-state index is 13.1. The average molecular weight is 289 g/mol. The van der Waals surface area contributed by atoms with Crippen molar-refractivity contribution >= 4 is 5.84 Å². The third-order valence-corrected chi connectivity index (χ3v) is 3.01. The van der Waals surface area contributed by atoms with E-state index in [1.165, 1.54) is 6.07 Å². The molecule has 0 radical (unpaired) electrons. The van der Waals surface area contributed by atoms with E-state index in [2.05, 4.69) is 10.1 Å². The van der Waals surface area contributed by atoms with E-state index < -0.39 is 5.82 Å². The smallest absolute Gasteiger partial charge is 0.170 e. The summed E-state index contributed by atoms with van der Waals surface area (Å²) in [7, 11) is 0. The molecule has 0 bridgehead atoms. The van der Waals surface area contributed by atoms with Gasteiger partial charge in [-0.15, -0.1) is 0 Å². The van der Waals surface area contributed by atoms with E-state index in [0.717, 1.165) is 17.3 Å². The Morgan fingerprint density at radius 1 is 1.29 bits per heavy atom. The van der Waals surface area contributed by atoms with Crippen LogP contribution in [0.3, 0.4) is 0 Å². The molecule has 110 valence electrons. The van der Waals surface area contributed by atoms with Gasteiger partial charge in [-0.05, 0) is 43.2 Å². The lowest BCUT2D eigenvalue weighted by atomic mass is 10.1. The van der Waals surface area contributed by atoms with Gasteiger partial charge in [0.25, 0.3) is 0 Å². The average Bonchev–Trinajstić information content (AvgIpc) is 2.45. The van der Waals surface area contributed by atoms with Crippen LogP contribution in [0.2, 0.25) is 0 Å². The largest absolute Gasteiger partial charge is 0.488 e. The molecule has 0 saturated heterocycles. The minimum atomic E-state index is -0.396. The van der Waals surface area contributed by atoms with Crippen LogP contribution < -0.4 is 10.5 Å². The van der Waals surface area contributed by atoms with E-state index >= 15 is 0 Å². The predicted octanol–water partition coefficient (Wildman–Crippen LogP) is 2.51. The SMILES string of the molecule is Cc1cc(/C(N)=N/O)cc(C)c1OCc1cncc(F)c1. The lowest BCUT2D eigenvalue weighted by Crippen LogP contribution is -2.14. The Kier molecular flexibility index (Phi) is 4.37. The van der Waals surface area contributed by atoms with Crippen LogP contribution in [0.4, 0.5) is 4.39 Å². The van der Waals surface area contributed by atoms with Gasteiger partial charge in [-0.3, -0.25) is 4.98 Å². The van der Waals surface area contributed by atoms with Crippen LogP contribution in [0.25, 0.3) is 0 Å². The molecule has 0 aliphatic carbocycles. The van der Waals surface area contributed by atoms with Crippen molar-refractivity contribution < 1.29 is 14.3 Å². The molecule has 0 fully saturated rings. The maximum Gasteiger partial charge on any atom is 0.170 e. The highest BCUT2D eigenvalue weighted by Gasteiger charge is 2.09. The first-order valence-corrected chi connectivity index (χ1v) is 6.32. The number of nitrogens with zero attached hydrogens (tertiary/aromatic N) is 2. The summed E-state index contributed by atoms with van der Waals surface area (Å²) in [5.74, 6) is 0.336. The van der Waals surface area contributed by atoms with Crippen molar-refractivity contribution in [1.82, 2.24) is 4.98 Å². The van der Waals surface area contributed by atoms with Gasteiger partial charge in [0, 0.05) is 17.3 Å². The number of ether oxygens (including phenoxy) is 1. The fourth-order valence-electron chi connectivity index (χ4n) is 2.07. The molecule has 0 atom stereocenters. The molecule has 2 rings (SSSR count). The molecule has 1 aromatic carbocycles. The molecule has 3 N–H and O–H groups in total. The van der Waals surface area contributed by atoms with Gasteiger partial charge < -0.3 is 15.7 Å². The number of pyridine rings is 1. The zero-order chi connectivity index (χ0) is 15.4. The van der Waals surface area contributed by atoms with Crippen molar-refractivity contribution in [2.45, 2.75) is 20.5 Å². The Bertz CT molecular complexity index is 663. The molecule has 6 heteroatoms. The number of amidine groups is 1. The number of aromatic nitrogens is 1. The fourth-order valence-corrected chi connectivity index (χ4v) is 2.07. The molecule has 2 aromatic rings. The predicted molar refractivity (Wildman–Crippen MR) is 77.0 cm³/mol. The van der Waals surface area contributed by atoms with Crippen molar-refractivity contribution in [1.29, 1.82) is 0 Å². The molecular weight excluding hydrogens is 273 g/mol. The first-order valence-electron chi connectivity index (χ1n) is 6.32. The molecule has 0 unspecified atom stereocenters. The summed E-state index contributed by atoms with van der Waals surface area (Å²) < 4.78 is 18.8. The van der Waals surface area contributed by atoms with Gasteiger partial charge in [0.1, 0.15) is 18.2 Å². The summed E-state index contributed by atoms with van der Waals surface area (Å²) in [4.78, 5) is 3.77. The Labute approximate surface area is 121 Å². The Morgan fingerprint density at radius 2 is 1.95 bits per heavy atom. The lowest BCUT2D eigenvalue weighted by molar-refractivity contribution is 0.300. The zero-order valence-corrected chi connectivity index (χ0v) is 11.8. The molecule has 1 heterocycles. The highest BCUT2D eigenvalue weighted by Crippen LogP contribution is 2.25. The van der Waals surface area contributed by atoms with E-state index in [4.69, 9.17) is 15.7 Å². The van der Waals surface area contributed by atoms with Gasteiger partial charge in [0.15, 0.2) is 5.84 Å². The number of oxime groups is 1. The number of hydrogen-bond acceptors (Lipinski definition) is 4. The van der Waals surface area contributed by atoms with Gasteiger partial charge >= 0.3 is 0 Å². The van der Waals surface area contributed by atoms with Crippen LogP contribution in [0.5, 0.6) is 5.75 Å². The van der Waals surface area contributed by atoms with E-state index in [0.29, 0.717) is 16.9 Å². The van der Waals surface area contributed by atoms with E-state index in [1.54, 1.807) is 18.3 Å². The maximum atomic E-state index is 13.1. The van der Waals surface area contributed by atoms with Gasteiger partial charge in [-0.2, -0.15) is 0 Å². The summed E-state index contributed by atoms with van der Waals surface area (Å²) in [6, 6.07) is 4.91. The Hall–Kier alpha value is -2.63. The van der Waals surface area contributed by atoms with Crippen molar-refractivity contribution in [3.8, 4) is 5.75 Å². The second-order valence-electron chi connectivity index (χ2n) is 4.72. The minimum absolute atomic E-state index is 0.0436. The summed E-state index contributed by atoms with van der Waals surface area (Å²) in [6.07, 6.45) is 2.70. The van der Waals surface area contributed by atoms with Crippen molar-refractivity contribution in [3.63, 3.8) is 0 Å². The molecule has 0 saturated carbocycles.